The second kappa shape index (κ2) is 6.17. The highest BCUT2D eigenvalue weighted by Gasteiger charge is 2.08. The van der Waals surface area contributed by atoms with Crippen molar-refractivity contribution in [2.45, 2.75) is 13.5 Å². The van der Waals surface area contributed by atoms with Crippen LogP contribution >= 0.6 is 0 Å². The number of rotatable bonds is 4. The molecule has 0 saturated carbocycles. The zero-order chi connectivity index (χ0) is 15.4. The largest absolute Gasteiger partial charge is 0.472 e. The Morgan fingerprint density at radius 2 is 2.05 bits per heavy atom. The zero-order valence-electron chi connectivity index (χ0n) is 12.0. The minimum absolute atomic E-state index is 0.200. The van der Waals surface area contributed by atoms with Gasteiger partial charge in [0.2, 0.25) is 0 Å². The van der Waals surface area contributed by atoms with Crippen LogP contribution in [-0.2, 0) is 6.54 Å². The molecule has 3 rings (SSSR count). The van der Waals surface area contributed by atoms with E-state index in [-0.39, 0.29) is 5.91 Å². The summed E-state index contributed by atoms with van der Waals surface area (Å²) >= 11 is 0. The fourth-order valence-corrected chi connectivity index (χ4v) is 1.89. The minimum atomic E-state index is -0.200. The minimum Gasteiger partial charge on any atom is -0.472 e. The van der Waals surface area contributed by atoms with E-state index >= 15 is 0 Å². The Balaban J connectivity index is 1.63. The van der Waals surface area contributed by atoms with Crippen LogP contribution in [0.5, 0.6) is 0 Å². The van der Waals surface area contributed by atoms with E-state index < -0.39 is 0 Å². The Bertz CT molecular complexity index is 750. The predicted octanol–water partition coefficient (Wildman–Crippen LogP) is 2.37. The number of furan rings is 1. The van der Waals surface area contributed by atoms with Crippen molar-refractivity contribution in [3.8, 4) is 11.3 Å². The fourth-order valence-electron chi connectivity index (χ4n) is 1.89. The number of pyridine rings is 1. The molecule has 0 aliphatic carbocycles. The lowest BCUT2D eigenvalue weighted by atomic mass is 10.2. The van der Waals surface area contributed by atoms with E-state index in [4.69, 9.17) is 4.42 Å². The first-order valence-corrected chi connectivity index (χ1v) is 6.77. The average Bonchev–Trinajstić information content (AvgIpc) is 3.09. The highest BCUT2D eigenvalue weighted by Crippen LogP contribution is 2.17. The molecule has 0 aliphatic rings. The first kappa shape index (κ1) is 13.9. The summed E-state index contributed by atoms with van der Waals surface area (Å²) in [5.74, 6) is -0.200. The third-order valence-corrected chi connectivity index (χ3v) is 3.11. The molecule has 3 aromatic rings. The van der Waals surface area contributed by atoms with Crippen LogP contribution in [0.1, 0.15) is 21.7 Å². The third-order valence-electron chi connectivity index (χ3n) is 3.11. The van der Waals surface area contributed by atoms with Gasteiger partial charge in [-0.2, -0.15) is 0 Å². The van der Waals surface area contributed by atoms with Gasteiger partial charge in [-0.05, 0) is 25.1 Å². The van der Waals surface area contributed by atoms with Crippen molar-refractivity contribution in [3.63, 3.8) is 0 Å². The number of nitrogens with one attached hydrogen (secondary N) is 1. The molecule has 3 heterocycles. The van der Waals surface area contributed by atoms with Crippen molar-refractivity contribution in [2.24, 2.45) is 0 Å². The Labute approximate surface area is 127 Å². The Morgan fingerprint density at radius 3 is 2.68 bits per heavy atom. The summed E-state index contributed by atoms with van der Waals surface area (Å²) in [7, 11) is 0. The molecule has 1 N–H and O–H groups in total. The molecule has 0 saturated heterocycles. The highest BCUT2D eigenvalue weighted by molar-refractivity contribution is 5.94. The van der Waals surface area contributed by atoms with Gasteiger partial charge in [0, 0.05) is 18.0 Å². The van der Waals surface area contributed by atoms with Crippen LogP contribution in [0.4, 0.5) is 0 Å². The van der Waals surface area contributed by atoms with Crippen LogP contribution in [0.2, 0.25) is 0 Å². The summed E-state index contributed by atoms with van der Waals surface area (Å²) in [5.41, 5.74) is 3.68. The molecule has 0 bridgehead atoms. The second-order valence-electron chi connectivity index (χ2n) is 4.78. The highest BCUT2D eigenvalue weighted by atomic mass is 16.3. The van der Waals surface area contributed by atoms with E-state index in [1.165, 1.54) is 0 Å². The topological polar surface area (TPSA) is 80.9 Å². The molecule has 0 unspecified atom stereocenters. The maximum atomic E-state index is 12.1. The summed E-state index contributed by atoms with van der Waals surface area (Å²) in [5, 5.41) is 2.79. The Kier molecular flexibility index (Phi) is 3.91. The van der Waals surface area contributed by atoms with Crippen molar-refractivity contribution < 1.29 is 9.21 Å². The molecule has 0 atom stereocenters. The third kappa shape index (κ3) is 3.17. The number of hydrogen-bond acceptors (Lipinski definition) is 5. The first-order chi connectivity index (χ1) is 10.7. The maximum Gasteiger partial charge on any atom is 0.253 e. The summed E-state index contributed by atoms with van der Waals surface area (Å²) < 4.78 is 5.01. The van der Waals surface area contributed by atoms with E-state index in [0.717, 1.165) is 17.0 Å². The van der Waals surface area contributed by atoms with Gasteiger partial charge in [-0.25, -0.2) is 0 Å². The number of hydrogen-bond donors (Lipinski definition) is 1. The van der Waals surface area contributed by atoms with E-state index in [0.29, 0.717) is 17.8 Å². The smallest absolute Gasteiger partial charge is 0.253 e. The molecular weight excluding hydrogens is 280 g/mol. The zero-order valence-corrected chi connectivity index (χ0v) is 12.0. The molecule has 0 spiro atoms. The monoisotopic (exact) mass is 294 g/mol. The molecule has 0 aromatic carbocycles. The fraction of sp³-hybridized carbons (Fsp3) is 0.125. The molecular formula is C16H14N4O2. The van der Waals surface area contributed by atoms with Crippen LogP contribution in [0.25, 0.3) is 11.3 Å². The lowest BCUT2D eigenvalue weighted by Gasteiger charge is -2.05. The van der Waals surface area contributed by atoms with Gasteiger partial charge in [0.1, 0.15) is 0 Å². The second-order valence-corrected chi connectivity index (χ2v) is 4.78. The lowest BCUT2D eigenvalue weighted by Crippen LogP contribution is -2.23. The van der Waals surface area contributed by atoms with E-state index in [2.05, 4.69) is 20.3 Å². The number of aryl methyl sites for hydroxylation is 1. The molecule has 0 fully saturated rings. The number of nitrogens with zero attached hydrogens (tertiary/aromatic N) is 3. The van der Waals surface area contributed by atoms with Gasteiger partial charge in [-0.15, -0.1) is 0 Å². The van der Waals surface area contributed by atoms with Crippen molar-refractivity contribution >= 4 is 5.91 Å². The molecule has 3 aromatic heterocycles. The maximum absolute atomic E-state index is 12.1. The van der Waals surface area contributed by atoms with Crippen molar-refractivity contribution in [3.05, 3.63) is 66.3 Å². The van der Waals surface area contributed by atoms with E-state index in [1.54, 1.807) is 43.2 Å². The lowest BCUT2D eigenvalue weighted by molar-refractivity contribution is 0.0950. The summed E-state index contributed by atoms with van der Waals surface area (Å²) in [6, 6.07) is 5.33. The van der Waals surface area contributed by atoms with E-state index in [1.807, 2.05) is 13.0 Å². The molecule has 110 valence electrons. The molecule has 0 radical (unpaired) electrons. The average molecular weight is 294 g/mol. The molecule has 22 heavy (non-hydrogen) atoms. The molecule has 6 nitrogen and oxygen atoms in total. The van der Waals surface area contributed by atoms with Crippen molar-refractivity contribution in [2.75, 3.05) is 0 Å². The molecule has 0 aliphatic heterocycles. The van der Waals surface area contributed by atoms with Crippen molar-refractivity contribution in [1.82, 2.24) is 20.3 Å². The van der Waals surface area contributed by atoms with Crippen molar-refractivity contribution in [1.29, 1.82) is 0 Å². The van der Waals surface area contributed by atoms with Crippen LogP contribution < -0.4 is 5.32 Å². The number of aromatic nitrogens is 3. The Morgan fingerprint density at radius 1 is 1.14 bits per heavy atom. The van der Waals surface area contributed by atoms with Crippen LogP contribution in [-0.4, -0.2) is 20.9 Å². The van der Waals surface area contributed by atoms with Crippen LogP contribution in [0.3, 0.4) is 0 Å². The SMILES string of the molecule is Cc1cnc(CNC(=O)c2ccc(-c3ccoc3)nc2)cn1. The van der Waals surface area contributed by atoms with Gasteiger partial charge < -0.3 is 9.73 Å². The normalized spacial score (nSPS) is 10.4. The standard InChI is InChI=1S/C16H14N4O2/c1-11-6-18-14(8-17-11)9-20-16(21)12-2-3-15(19-7-12)13-4-5-22-10-13/h2-8,10H,9H2,1H3,(H,20,21). The van der Waals surface area contributed by atoms with Gasteiger partial charge in [0.15, 0.2) is 0 Å². The first-order valence-electron chi connectivity index (χ1n) is 6.77. The van der Waals surface area contributed by atoms with Gasteiger partial charge in [-0.1, -0.05) is 0 Å². The van der Waals surface area contributed by atoms with Gasteiger partial charge in [0.25, 0.3) is 5.91 Å². The number of amides is 1. The van der Waals surface area contributed by atoms with Crippen LogP contribution in [0.15, 0.2) is 53.7 Å². The van der Waals surface area contributed by atoms with Gasteiger partial charge >= 0.3 is 0 Å². The molecule has 1 amide bonds. The van der Waals surface area contributed by atoms with E-state index in [9.17, 15) is 4.79 Å². The summed E-state index contributed by atoms with van der Waals surface area (Å²) in [6.07, 6.45) is 8.05. The molecule has 6 heteroatoms. The number of carbonyl (C=O) groups is 1. The Hall–Kier alpha value is -3.02. The summed E-state index contributed by atoms with van der Waals surface area (Å²) in [6.45, 7) is 2.19. The predicted molar refractivity (Wildman–Crippen MR) is 79.9 cm³/mol. The van der Waals surface area contributed by atoms with Crippen LogP contribution in [0, 0.1) is 6.92 Å². The quantitative estimate of drug-likeness (QED) is 0.799. The summed E-state index contributed by atoms with van der Waals surface area (Å²) in [4.78, 5) is 24.6. The van der Waals surface area contributed by atoms with Gasteiger partial charge in [0.05, 0.1) is 47.9 Å². The number of carbonyl (C=O) groups excluding carboxylic acids is 1. The van der Waals surface area contributed by atoms with Gasteiger partial charge in [-0.3, -0.25) is 19.7 Å².